The van der Waals surface area contributed by atoms with E-state index in [0.29, 0.717) is 11.5 Å². The van der Waals surface area contributed by atoms with E-state index in [1.807, 2.05) is 0 Å². The van der Waals surface area contributed by atoms with E-state index in [9.17, 15) is 8.78 Å². The van der Waals surface area contributed by atoms with Crippen LogP contribution in [0.4, 0.5) is 8.78 Å². The van der Waals surface area contributed by atoms with Crippen LogP contribution in [-0.4, -0.2) is 0 Å². The summed E-state index contributed by atoms with van der Waals surface area (Å²) in [5, 5.41) is 0. The van der Waals surface area contributed by atoms with E-state index in [4.69, 9.17) is 0 Å². The van der Waals surface area contributed by atoms with Crippen LogP contribution in [0.2, 0.25) is 0 Å². The fraction of sp³-hybridized carbons (Fsp3) is 0.667. The van der Waals surface area contributed by atoms with Crippen LogP contribution in [0.1, 0.15) is 82.3 Å². The van der Waals surface area contributed by atoms with E-state index in [0.717, 1.165) is 30.6 Å². The van der Waals surface area contributed by atoms with Crippen molar-refractivity contribution in [2.24, 2.45) is 23.7 Å². The largest absolute Gasteiger partial charge is 0.203 e. The Hall–Kier alpha value is -1.36. The number of rotatable bonds is 3. The topological polar surface area (TPSA) is 0 Å². The summed E-state index contributed by atoms with van der Waals surface area (Å²) in [5.74, 6) is 7.65. The van der Waals surface area contributed by atoms with Crippen LogP contribution in [0.15, 0.2) is 12.1 Å². The Morgan fingerprint density at radius 3 is 2.12 bits per heavy atom. The third kappa shape index (κ3) is 4.67. The summed E-state index contributed by atoms with van der Waals surface area (Å²) in [6, 6.07) is 3.20. The predicted octanol–water partition coefficient (Wildman–Crippen LogP) is 7.04. The molecule has 0 bridgehead atoms. The third-order valence-corrected chi connectivity index (χ3v) is 6.71. The molecule has 1 aromatic rings. The second kappa shape index (κ2) is 9.03. The first-order chi connectivity index (χ1) is 12.6. The van der Waals surface area contributed by atoms with Crippen LogP contribution in [0.5, 0.6) is 0 Å². The molecule has 0 unspecified atom stereocenters. The molecule has 2 saturated carbocycles. The van der Waals surface area contributed by atoms with Gasteiger partial charge in [0.05, 0.1) is 5.56 Å². The van der Waals surface area contributed by atoms with Crippen molar-refractivity contribution in [3.05, 3.63) is 34.9 Å². The molecule has 0 amide bonds. The quantitative estimate of drug-likeness (QED) is 0.508. The van der Waals surface area contributed by atoms with E-state index >= 15 is 0 Å². The maximum Gasteiger partial charge on any atom is 0.174 e. The molecule has 2 fully saturated rings. The zero-order valence-corrected chi connectivity index (χ0v) is 16.3. The summed E-state index contributed by atoms with van der Waals surface area (Å²) in [6.07, 6.45) is 13.2. The summed E-state index contributed by atoms with van der Waals surface area (Å²) < 4.78 is 27.6. The molecule has 0 nitrogen and oxygen atoms in total. The van der Waals surface area contributed by atoms with Crippen LogP contribution in [-0.2, 0) is 0 Å². The lowest BCUT2D eigenvalue weighted by Crippen LogP contribution is -2.25. The van der Waals surface area contributed by atoms with Gasteiger partial charge in [-0.15, -0.1) is 0 Å². The van der Waals surface area contributed by atoms with Crippen molar-refractivity contribution in [3.63, 3.8) is 0 Å². The van der Waals surface area contributed by atoms with Gasteiger partial charge in [-0.3, -0.25) is 0 Å². The Kier molecular flexibility index (Phi) is 6.74. The number of benzene rings is 1. The van der Waals surface area contributed by atoms with E-state index in [1.165, 1.54) is 51.4 Å². The lowest BCUT2D eigenvalue weighted by molar-refractivity contribution is 0.154. The molecule has 0 saturated heterocycles. The SMILES string of the molecule is CCC[C@H]1CC[C@H]([C@H]2CC[C@H](C#Cc3ccc(C)c(F)c3F)CC2)CC1. The molecule has 0 spiro atoms. The van der Waals surface area contributed by atoms with Gasteiger partial charge >= 0.3 is 0 Å². The number of hydrogen-bond acceptors (Lipinski definition) is 0. The summed E-state index contributed by atoms with van der Waals surface area (Å²) >= 11 is 0. The number of aryl methyl sites for hydroxylation is 1. The fourth-order valence-electron chi connectivity index (χ4n) is 5.01. The van der Waals surface area contributed by atoms with Gasteiger partial charge in [-0.25, -0.2) is 8.78 Å². The normalized spacial score (nSPS) is 29.1. The molecule has 0 N–H and O–H groups in total. The first-order valence-electron chi connectivity index (χ1n) is 10.5. The number of hydrogen-bond donors (Lipinski definition) is 0. The van der Waals surface area contributed by atoms with Gasteiger partial charge in [0.1, 0.15) is 0 Å². The molecule has 0 radical (unpaired) electrons. The molecule has 142 valence electrons. The molecule has 0 heterocycles. The van der Waals surface area contributed by atoms with Crippen molar-refractivity contribution < 1.29 is 8.78 Å². The highest BCUT2D eigenvalue weighted by molar-refractivity contribution is 5.38. The highest BCUT2D eigenvalue weighted by Gasteiger charge is 2.30. The van der Waals surface area contributed by atoms with Crippen LogP contribution < -0.4 is 0 Å². The third-order valence-electron chi connectivity index (χ3n) is 6.71. The standard InChI is InChI=1S/C24H32F2/c1-3-4-18-6-12-20(13-7-18)21-14-8-19(9-15-21)10-16-22-11-5-17(2)23(25)24(22)26/h5,11,18-21H,3-4,6-9,12-15H2,1-2H3/t18-,19-,20-,21-. The van der Waals surface area contributed by atoms with Crippen molar-refractivity contribution in [1.29, 1.82) is 0 Å². The Morgan fingerprint density at radius 1 is 0.885 bits per heavy atom. The van der Waals surface area contributed by atoms with Crippen LogP contribution in [0.25, 0.3) is 0 Å². The molecule has 2 heteroatoms. The van der Waals surface area contributed by atoms with E-state index in [-0.39, 0.29) is 5.56 Å². The molecular weight excluding hydrogens is 326 g/mol. The van der Waals surface area contributed by atoms with Gasteiger partial charge in [0, 0.05) is 5.92 Å². The minimum absolute atomic E-state index is 0.199. The van der Waals surface area contributed by atoms with Crippen molar-refractivity contribution >= 4 is 0 Å². The summed E-state index contributed by atoms with van der Waals surface area (Å²) in [7, 11) is 0. The smallest absolute Gasteiger partial charge is 0.174 e. The Bertz CT molecular complexity index is 651. The Balaban J connectivity index is 1.50. The van der Waals surface area contributed by atoms with Crippen molar-refractivity contribution in [2.75, 3.05) is 0 Å². The summed E-state index contributed by atoms with van der Waals surface area (Å²) in [4.78, 5) is 0. The monoisotopic (exact) mass is 358 g/mol. The van der Waals surface area contributed by atoms with Crippen molar-refractivity contribution in [2.45, 2.75) is 78.1 Å². The molecule has 3 rings (SSSR count). The molecule has 2 aliphatic carbocycles. The van der Waals surface area contributed by atoms with Crippen molar-refractivity contribution in [1.82, 2.24) is 0 Å². The molecule has 2 aliphatic rings. The molecule has 0 aliphatic heterocycles. The second-order valence-corrected chi connectivity index (χ2v) is 8.51. The van der Waals surface area contributed by atoms with Crippen LogP contribution in [0, 0.1) is 54.1 Å². The maximum absolute atomic E-state index is 13.9. The van der Waals surface area contributed by atoms with Gasteiger partial charge in [-0.1, -0.05) is 50.5 Å². The minimum Gasteiger partial charge on any atom is -0.203 e. The van der Waals surface area contributed by atoms with Gasteiger partial charge in [-0.05, 0) is 74.8 Å². The lowest BCUT2D eigenvalue weighted by Gasteiger charge is -2.37. The fourth-order valence-corrected chi connectivity index (χ4v) is 5.01. The average Bonchev–Trinajstić information content (AvgIpc) is 2.67. The lowest BCUT2D eigenvalue weighted by atomic mass is 9.69. The first kappa shape index (κ1) is 19.4. The molecule has 0 atom stereocenters. The van der Waals surface area contributed by atoms with E-state index in [1.54, 1.807) is 19.1 Å². The Morgan fingerprint density at radius 2 is 1.50 bits per heavy atom. The van der Waals surface area contributed by atoms with Gasteiger partial charge in [0.25, 0.3) is 0 Å². The van der Waals surface area contributed by atoms with Crippen LogP contribution >= 0.6 is 0 Å². The van der Waals surface area contributed by atoms with E-state index in [2.05, 4.69) is 18.8 Å². The van der Waals surface area contributed by atoms with Gasteiger partial charge in [0.15, 0.2) is 11.6 Å². The highest BCUT2D eigenvalue weighted by Crippen LogP contribution is 2.42. The van der Waals surface area contributed by atoms with Gasteiger partial charge < -0.3 is 0 Å². The molecular formula is C24H32F2. The summed E-state index contributed by atoms with van der Waals surface area (Å²) in [5.41, 5.74) is 0.534. The minimum atomic E-state index is -0.796. The maximum atomic E-state index is 13.9. The zero-order chi connectivity index (χ0) is 18.5. The molecule has 0 aromatic heterocycles. The average molecular weight is 359 g/mol. The van der Waals surface area contributed by atoms with Crippen LogP contribution in [0.3, 0.4) is 0 Å². The van der Waals surface area contributed by atoms with Gasteiger partial charge in [-0.2, -0.15) is 0 Å². The second-order valence-electron chi connectivity index (χ2n) is 8.51. The van der Waals surface area contributed by atoms with Crippen molar-refractivity contribution in [3.8, 4) is 11.8 Å². The highest BCUT2D eigenvalue weighted by atomic mass is 19.2. The van der Waals surface area contributed by atoms with Gasteiger partial charge in [0.2, 0.25) is 0 Å². The Labute approximate surface area is 157 Å². The zero-order valence-electron chi connectivity index (χ0n) is 16.3. The first-order valence-corrected chi connectivity index (χ1v) is 10.5. The number of halogens is 2. The molecule has 26 heavy (non-hydrogen) atoms. The van der Waals surface area contributed by atoms with E-state index < -0.39 is 11.6 Å². The molecule has 1 aromatic carbocycles. The summed E-state index contributed by atoms with van der Waals surface area (Å²) in [6.45, 7) is 3.87. The predicted molar refractivity (Wildman–Crippen MR) is 104 cm³/mol.